The van der Waals surface area contributed by atoms with Crippen LogP contribution in [0.4, 0.5) is 0 Å². The van der Waals surface area contributed by atoms with E-state index in [1.165, 1.54) is 13.1 Å². The molecule has 0 aromatic heterocycles. The molecule has 0 radical (unpaired) electrons. The van der Waals surface area contributed by atoms with Gasteiger partial charge in [0.15, 0.2) is 0 Å². The summed E-state index contributed by atoms with van der Waals surface area (Å²) in [5.74, 6) is 0. The molecule has 0 saturated heterocycles. The molecule has 0 aliphatic heterocycles. The van der Waals surface area contributed by atoms with E-state index in [-0.39, 0.29) is 8.57 Å². The lowest BCUT2D eigenvalue weighted by Gasteiger charge is -2.20. The average Bonchev–Trinajstić information content (AvgIpc) is 1.90. The quantitative estimate of drug-likeness (QED) is 0.539. The highest BCUT2D eigenvalue weighted by Gasteiger charge is 1.96. The minimum Gasteiger partial charge on any atom is -0.408 e. The summed E-state index contributed by atoms with van der Waals surface area (Å²) in [6.07, 6.45) is 0. The van der Waals surface area contributed by atoms with Gasteiger partial charge >= 0.3 is 0 Å². The van der Waals surface area contributed by atoms with Gasteiger partial charge in [-0.05, 0) is 27.3 Å². The smallest absolute Gasteiger partial charge is 0.116 e. The summed E-state index contributed by atoms with van der Waals surface area (Å²) in [6, 6.07) is 0. The largest absolute Gasteiger partial charge is 0.408 e. The zero-order chi connectivity index (χ0) is 7.28. The highest BCUT2D eigenvalue weighted by Crippen LogP contribution is 1.84. The van der Waals surface area contributed by atoms with Crippen LogP contribution in [-0.2, 0) is 0 Å². The predicted octanol–water partition coefficient (Wildman–Crippen LogP) is 1.35. The van der Waals surface area contributed by atoms with Crippen molar-refractivity contribution in [2.45, 2.75) is 27.3 Å². The van der Waals surface area contributed by atoms with E-state index in [9.17, 15) is 0 Å². The molecule has 0 aromatic carbocycles. The van der Waals surface area contributed by atoms with E-state index in [4.69, 9.17) is 0 Å². The van der Waals surface area contributed by atoms with E-state index >= 15 is 0 Å². The zero-order valence-corrected chi connectivity index (χ0v) is 7.94. The van der Waals surface area contributed by atoms with Crippen molar-refractivity contribution in [2.75, 3.05) is 13.1 Å². The number of hydrogen-bond donors (Lipinski definition) is 0. The minimum absolute atomic E-state index is 0.261. The molecule has 0 spiro atoms. The summed E-state index contributed by atoms with van der Waals surface area (Å²) in [5, 5.41) is 0. The lowest BCUT2D eigenvalue weighted by atomic mass is 10.7. The van der Waals surface area contributed by atoms with Gasteiger partial charge in [-0.15, -0.1) is 0 Å². The van der Waals surface area contributed by atoms with Gasteiger partial charge in [0.05, 0.1) is 0 Å². The van der Waals surface area contributed by atoms with Crippen LogP contribution in [0.3, 0.4) is 0 Å². The van der Waals surface area contributed by atoms with Gasteiger partial charge in [0.2, 0.25) is 0 Å². The van der Waals surface area contributed by atoms with Gasteiger partial charge in [-0.3, -0.25) is 0 Å². The van der Waals surface area contributed by atoms with E-state index in [0.29, 0.717) is 0 Å². The first-order chi connectivity index (χ1) is 4.26. The van der Waals surface area contributed by atoms with E-state index < -0.39 is 0 Å². The molecule has 0 aliphatic carbocycles. The molecule has 0 N–H and O–H groups in total. The first-order valence-electron chi connectivity index (χ1n) is 3.64. The fourth-order valence-electron chi connectivity index (χ4n) is 0.905. The monoisotopic (exact) mass is 143 g/mol. The van der Waals surface area contributed by atoms with Crippen molar-refractivity contribution in [3.05, 3.63) is 0 Å². The molecule has 0 rings (SSSR count). The van der Waals surface area contributed by atoms with Crippen LogP contribution in [-0.4, -0.2) is 31.9 Å². The molecule has 0 saturated carbocycles. The van der Waals surface area contributed by atoms with Crippen LogP contribution in [0.1, 0.15) is 20.8 Å². The lowest BCUT2D eigenvalue weighted by molar-refractivity contribution is 0.493. The Balaban J connectivity index is 3.79. The summed E-state index contributed by atoms with van der Waals surface area (Å²) >= 11 is 0. The third kappa shape index (κ3) is 2.80. The van der Waals surface area contributed by atoms with Crippen LogP contribution in [0.2, 0.25) is 6.55 Å². The molecule has 0 bridgehead atoms. The van der Waals surface area contributed by atoms with Crippen LogP contribution < -0.4 is 0 Å². The molecule has 0 heterocycles. The summed E-state index contributed by atoms with van der Waals surface area (Å²) in [5.41, 5.74) is 2.33. The van der Waals surface area contributed by atoms with Crippen LogP contribution in [0, 0.1) is 0 Å². The topological polar surface area (TPSA) is 3.24 Å². The number of nitrogens with zero attached hydrogens (tertiary/aromatic N) is 1. The van der Waals surface area contributed by atoms with E-state index in [0.717, 1.165) is 0 Å². The fourth-order valence-corrected chi connectivity index (χ4v) is 2.27. The summed E-state index contributed by atoms with van der Waals surface area (Å²) in [4.78, 5) is 0. The first-order valence-corrected chi connectivity index (χ1v) is 5.66. The maximum absolute atomic E-state index is 2.52. The second kappa shape index (κ2) is 4.74. The van der Waals surface area contributed by atoms with Gasteiger partial charge in [-0.25, -0.2) is 0 Å². The Bertz CT molecular complexity index is 95.1. The molecule has 0 amide bonds. The van der Waals surface area contributed by atoms with Crippen molar-refractivity contribution in [1.82, 2.24) is 4.57 Å². The van der Waals surface area contributed by atoms with Gasteiger partial charge < -0.3 is 4.57 Å². The maximum Gasteiger partial charge on any atom is 0.116 e. The highest BCUT2D eigenvalue weighted by atomic mass is 28.2. The molecule has 54 valence electrons. The van der Waals surface area contributed by atoms with E-state index in [2.05, 4.69) is 37.6 Å². The van der Waals surface area contributed by atoms with Crippen LogP contribution >= 0.6 is 0 Å². The second-order valence-electron chi connectivity index (χ2n) is 2.10. The van der Waals surface area contributed by atoms with Crippen molar-refractivity contribution in [2.24, 2.45) is 0 Å². The molecule has 0 unspecified atom stereocenters. The maximum atomic E-state index is 2.52. The summed E-state index contributed by atoms with van der Waals surface area (Å²) < 4.78 is 2.52. The van der Waals surface area contributed by atoms with Crippen molar-refractivity contribution < 1.29 is 0 Å². The van der Waals surface area contributed by atoms with E-state index in [1.807, 2.05) is 0 Å². The standard InChI is InChI=1S/C7H17NSi/c1-5-8(6-2)9(4)7-3/h7H,5-6H2,1-4H3. The average molecular weight is 143 g/mol. The van der Waals surface area contributed by atoms with Crippen molar-refractivity contribution in [1.29, 1.82) is 0 Å². The molecule has 0 aliphatic rings. The predicted molar refractivity (Wildman–Crippen MR) is 46.3 cm³/mol. The highest BCUT2D eigenvalue weighted by molar-refractivity contribution is 6.61. The zero-order valence-electron chi connectivity index (χ0n) is 6.94. The Morgan fingerprint density at radius 3 is 1.89 bits per heavy atom. The molecule has 2 heteroatoms. The lowest BCUT2D eigenvalue weighted by Crippen LogP contribution is -2.31. The summed E-state index contributed by atoms with van der Waals surface area (Å²) in [6.45, 7) is 11.3. The Hall–Kier alpha value is -0.113. The molecule has 0 aromatic rings. The third-order valence-corrected chi connectivity index (χ3v) is 4.15. The van der Waals surface area contributed by atoms with E-state index in [1.54, 1.807) is 0 Å². The van der Waals surface area contributed by atoms with Crippen LogP contribution in [0.5, 0.6) is 0 Å². The molecule has 1 nitrogen and oxygen atoms in total. The molecule has 0 atom stereocenters. The Kier molecular flexibility index (Phi) is 4.68. The van der Waals surface area contributed by atoms with Gasteiger partial charge in [0.1, 0.15) is 8.57 Å². The van der Waals surface area contributed by atoms with Crippen LogP contribution in [0.15, 0.2) is 0 Å². The Morgan fingerprint density at radius 2 is 1.78 bits per heavy atom. The molecule has 0 fully saturated rings. The number of rotatable bonds is 3. The summed E-state index contributed by atoms with van der Waals surface area (Å²) in [7, 11) is -0.261. The van der Waals surface area contributed by atoms with Gasteiger partial charge in [0.25, 0.3) is 0 Å². The second-order valence-corrected chi connectivity index (χ2v) is 4.59. The number of hydrogen-bond acceptors (Lipinski definition) is 1. The van der Waals surface area contributed by atoms with Gasteiger partial charge in [0, 0.05) is 13.1 Å². The Morgan fingerprint density at radius 1 is 1.33 bits per heavy atom. The normalized spacial score (nSPS) is 11.8. The van der Waals surface area contributed by atoms with Gasteiger partial charge in [-0.1, -0.05) is 5.67 Å². The SMILES string of the molecule is CC=[Si](C)N(CC)CC. The molecular formula is C7H17NSi. The third-order valence-electron chi connectivity index (χ3n) is 1.68. The van der Waals surface area contributed by atoms with Crippen molar-refractivity contribution in [3.63, 3.8) is 0 Å². The molecule has 9 heavy (non-hydrogen) atoms. The minimum atomic E-state index is -0.261. The first kappa shape index (κ1) is 8.89. The fraction of sp³-hybridized carbons (Fsp3) is 0.857. The molecular weight excluding hydrogens is 126 g/mol. The van der Waals surface area contributed by atoms with Crippen molar-refractivity contribution >= 4 is 14.2 Å². The Labute approximate surface area is 60.0 Å². The van der Waals surface area contributed by atoms with Crippen LogP contribution in [0.25, 0.3) is 0 Å². The van der Waals surface area contributed by atoms with Gasteiger partial charge in [-0.2, -0.15) is 0 Å². The van der Waals surface area contributed by atoms with Crippen molar-refractivity contribution in [3.8, 4) is 0 Å².